The number of hydrogen-bond donors (Lipinski definition) is 1. The third-order valence-electron chi connectivity index (χ3n) is 1.95. The molecule has 0 saturated heterocycles. The molecule has 1 N–H and O–H groups in total. The summed E-state index contributed by atoms with van der Waals surface area (Å²) in [6, 6.07) is 5.52. The number of phenolic OH excluding ortho intramolecular Hbond substituents is 1. The molecule has 1 nitrogen and oxygen atoms in total. The van der Waals surface area contributed by atoms with Gasteiger partial charge in [-0.15, -0.1) is 0 Å². The number of rotatable bonds is 0. The molecule has 0 unspecified atom stereocenters. The van der Waals surface area contributed by atoms with E-state index >= 15 is 0 Å². The Bertz CT molecular complexity index is 300. The van der Waals surface area contributed by atoms with Crippen LogP contribution in [0.1, 0.15) is 11.1 Å². The Balaban J connectivity index is 2.48. The molecular weight excluding hydrogens is 136 g/mol. The van der Waals surface area contributed by atoms with Gasteiger partial charge in [0.05, 0.1) is 0 Å². The molecule has 0 atom stereocenters. The molecule has 2 rings (SSSR count). The molecule has 0 aromatic heterocycles. The molecule has 0 fully saturated rings. The lowest BCUT2D eigenvalue weighted by Crippen LogP contribution is -1.96. The lowest BCUT2D eigenvalue weighted by molar-refractivity contribution is 0.474. The largest absolute Gasteiger partial charge is 0.508 e. The predicted octanol–water partition coefficient (Wildman–Crippen LogP) is 1.85. The predicted molar refractivity (Wildman–Crippen MR) is 43.3 cm³/mol. The van der Waals surface area contributed by atoms with Gasteiger partial charge in [-0.3, -0.25) is 0 Å². The van der Waals surface area contributed by atoms with Crippen molar-refractivity contribution in [3.63, 3.8) is 0 Å². The van der Waals surface area contributed by atoms with Crippen molar-refractivity contribution in [3.05, 3.63) is 41.5 Å². The monoisotopic (exact) mass is 145 g/mol. The van der Waals surface area contributed by atoms with Gasteiger partial charge in [0.1, 0.15) is 5.75 Å². The highest BCUT2D eigenvalue weighted by molar-refractivity contribution is 5.38. The molecule has 1 heteroatoms. The lowest BCUT2D eigenvalue weighted by Gasteiger charge is -2.09. The topological polar surface area (TPSA) is 20.2 Å². The third kappa shape index (κ3) is 1.14. The average Bonchev–Trinajstić information content (AvgIpc) is 2.04. The summed E-state index contributed by atoms with van der Waals surface area (Å²) in [5.41, 5.74) is 2.51. The minimum absolute atomic E-state index is 0.360. The summed E-state index contributed by atoms with van der Waals surface area (Å²) in [4.78, 5) is 0. The van der Waals surface area contributed by atoms with Gasteiger partial charge in [-0.1, -0.05) is 12.1 Å². The quantitative estimate of drug-likeness (QED) is 0.590. The summed E-state index contributed by atoms with van der Waals surface area (Å²) >= 11 is 0. The van der Waals surface area contributed by atoms with Gasteiger partial charge in [0.2, 0.25) is 0 Å². The average molecular weight is 145 g/mol. The first kappa shape index (κ1) is 6.47. The van der Waals surface area contributed by atoms with Gasteiger partial charge in [-0.05, 0) is 42.2 Å². The zero-order valence-corrected chi connectivity index (χ0v) is 6.17. The van der Waals surface area contributed by atoms with Crippen molar-refractivity contribution in [2.24, 2.45) is 0 Å². The van der Waals surface area contributed by atoms with Crippen LogP contribution in [0.5, 0.6) is 5.75 Å². The van der Waals surface area contributed by atoms with E-state index in [9.17, 15) is 0 Å². The first-order valence-electron chi connectivity index (χ1n) is 3.72. The lowest BCUT2D eigenvalue weighted by atomic mass is 9.97. The van der Waals surface area contributed by atoms with Crippen molar-refractivity contribution in [2.45, 2.75) is 12.8 Å². The Morgan fingerprint density at radius 2 is 2.18 bits per heavy atom. The van der Waals surface area contributed by atoms with E-state index in [1.54, 1.807) is 6.07 Å². The van der Waals surface area contributed by atoms with Crippen LogP contribution in [0.3, 0.4) is 0 Å². The Hall–Kier alpha value is -1.24. The molecule has 0 amide bonds. The molecule has 0 heterocycles. The van der Waals surface area contributed by atoms with Gasteiger partial charge in [0, 0.05) is 0 Å². The second-order valence-electron chi connectivity index (χ2n) is 2.74. The van der Waals surface area contributed by atoms with Crippen LogP contribution in [-0.2, 0) is 12.8 Å². The first-order chi connectivity index (χ1) is 5.36. The standard InChI is InChI=1S/C10H9O/c11-10-6-5-8-3-1-2-4-9(8)7-10/h2,5-7,11H,3-4H2. The second-order valence-corrected chi connectivity index (χ2v) is 2.74. The Morgan fingerprint density at radius 3 is 3.09 bits per heavy atom. The van der Waals surface area contributed by atoms with Crippen molar-refractivity contribution in [1.82, 2.24) is 0 Å². The van der Waals surface area contributed by atoms with Crippen LogP contribution in [0.2, 0.25) is 0 Å². The fourth-order valence-corrected chi connectivity index (χ4v) is 1.34. The zero-order valence-electron chi connectivity index (χ0n) is 6.17. The van der Waals surface area contributed by atoms with Gasteiger partial charge >= 0.3 is 0 Å². The van der Waals surface area contributed by atoms with Crippen molar-refractivity contribution in [2.75, 3.05) is 0 Å². The Morgan fingerprint density at radius 1 is 1.27 bits per heavy atom. The number of aromatic hydroxyl groups is 1. The highest BCUT2D eigenvalue weighted by Gasteiger charge is 2.04. The van der Waals surface area contributed by atoms with Crippen LogP contribution in [0.15, 0.2) is 24.3 Å². The molecule has 0 saturated carbocycles. The van der Waals surface area contributed by atoms with E-state index < -0.39 is 0 Å². The summed E-state index contributed by atoms with van der Waals surface area (Å²) < 4.78 is 0. The number of fused-ring (bicyclic) bond motifs is 1. The van der Waals surface area contributed by atoms with E-state index in [4.69, 9.17) is 5.11 Å². The van der Waals surface area contributed by atoms with Crippen LogP contribution in [-0.4, -0.2) is 5.11 Å². The molecule has 55 valence electrons. The second kappa shape index (κ2) is 2.42. The fraction of sp³-hybridized carbons (Fsp3) is 0.200. The maximum Gasteiger partial charge on any atom is 0.115 e. The van der Waals surface area contributed by atoms with Crippen molar-refractivity contribution in [3.8, 4) is 5.75 Å². The van der Waals surface area contributed by atoms with Gasteiger partial charge in [0.15, 0.2) is 0 Å². The molecule has 1 radical (unpaired) electrons. The number of phenols is 1. The van der Waals surface area contributed by atoms with E-state index in [1.165, 1.54) is 11.1 Å². The smallest absolute Gasteiger partial charge is 0.115 e. The van der Waals surface area contributed by atoms with E-state index in [0.717, 1.165) is 12.8 Å². The van der Waals surface area contributed by atoms with E-state index in [1.807, 2.05) is 18.2 Å². The maximum absolute atomic E-state index is 9.15. The van der Waals surface area contributed by atoms with Crippen LogP contribution < -0.4 is 0 Å². The molecule has 1 aromatic carbocycles. The van der Waals surface area contributed by atoms with Crippen LogP contribution in [0.25, 0.3) is 0 Å². The molecule has 0 aliphatic heterocycles. The zero-order chi connectivity index (χ0) is 7.68. The SMILES string of the molecule is Oc1ccc2c(c1)CC=[C]C2. The summed E-state index contributed by atoms with van der Waals surface area (Å²) in [6.07, 6.45) is 6.96. The molecule has 0 spiro atoms. The highest BCUT2D eigenvalue weighted by Crippen LogP contribution is 2.20. The summed E-state index contributed by atoms with van der Waals surface area (Å²) in [6.45, 7) is 0. The van der Waals surface area contributed by atoms with Crippen molar-refractivity contribution < 1.29 is 5.11 Å². The molecule has 1 aliphatic carbocycles. The normalized spacial score (nSPS) is 14.5. The number of hydrogen-bond acceptors (Lipinski definition) is 1. The molecule has 1 aromatic rings. The van der Waals surface area contributed by atoms with Crippen LogP contribution >= 0.6 is 0 Å². The van der Waals surface area contributed by atoms with Gasteiger partial charge < -0.3 is 5.11 Å². The van der Waals surface area contributed by atoms with E-state index in [0.29, 0.717) is 5.75 Å². The van der Waals surface area contributed by atoms with Gasteiger partial charge in [0.25, 0.3) is 0 Å². The Labute approximate surface area is 66.0 Å². The minimum atomic E-state index is 0.360. The Kier molecular flexibility index (Phi) is 1.42. The summed E-state index contributed by atoms with van der Waals surface area (Å²) in [5.74, 6) is 0.360. The van der Waals surface area contributed by atoms with Gasteiger partial charge in [-0.2, -0.15) is 0 Å². The first-order valence-corrected chi connectivity index (χ1v) is 3.72. The van der Waals surface area contributed by atoms with Crippen LogP contribution in [0.4, 0.5) is 0 Å². The van der Waals surface area contributed by atoms with E-state index in [2.05, 4.69) is 6.08 Å². The number of allylic oxidation sites excluding steroid dienone is 2. The minimum Gasteiger partial charge on any atom is -0.508 e. The summed E-state index contributed by atoms with van der Waals surface area (Å²) in [5, 5.41) is 9.15. The summed E-state index contributed by atoms with van der Waals surface area (Å²) in [7, 11) is 0. The van der Waals surface area contributed by atoms with Crippen LogP contribution in [0, 0.1) is 6.08 Å². The van der Waals surface area contributed by atoms with Crippen molar-refractivity contribution >= 4 is 0 Å². The molecular formula is C10H9O. The van der Waals surface area contributed by atoms with Gasteiger partial charge in [-0.25, -0.2) is 0 Å². The molecule has 0 bridgehead atoms. The third-order valence-corrected chi connectivity index (χ3v) is 1.95. The van der Waals surface area contributed by atoms with E-state index in [-0.39, 0.29) is 0 Å². The molecule has 1 aliphatic rings. The highest BCUT2D eigenvalue weighted by atomic mass is 16.3. The number of benzene rings is 1. The molecule has 11 heavy (non-hydrogen) atoms. The maximum atomic E-state index is 9.15. The van der Waals surface area contributed by atoms with Crippen molar-refractivity contribution in [1.29, 1.82) is 0 Å². The fourth-order valence-electron chi connectivity index (χ4n) is 1.34.